The van der Waals surface area contributed by atoms with Crippen LogP contribution in [-0.2, 0) is 15.8 Å². The molecule has 1 atom stereocenters. The van der Waals surface area contributed by atoms with Gasteiger partial charge in [0.25, 0.3) is 0 Å². The van der Waals surface area contributed by atoms with Crippen LogP contribution in [-0.4, -0.2) is 35.4 Å². The molecule has 3 aromatic rings. The van der Waals surface area contributed by atoms with Crippen LogP contribution in [0.25, 0.3) is 0 Å². The Hall–Kier alpha value is -4.61. The van der Waals surface area contributed by atoms with Gasteiger partial charge < -0.3 is 26.0 Å². The number of carbonyl (C=O) groups is 2. The number of nitrogens with one attached hydrogen (secondary N) is 4. The molecule has 2 aromatic carbocycles. The van der Waals surface area contributed by atoms with Crippen LogP contribution in [0.15, 0.2) is 61.3 Å². The molecule has 12 heteroatoms. The van der Waals surface area contributed by atoms with E-state index in [9.17, 15) is 22.8 Å². The van der Waals surface area contributed by atoms with Crippen LogP contribution in [0.3, 0.4) is 0 Å². The van der Waals surface area contributed by atoms with Crippen molar-refractivity contribution in [2.24, 2.45) is 0 Å². The number of halogens is 3. The molecule has 1 fully saturated rings. The van der Waals surface area contributed by atoms with Gasteiger partial charge in [0.15, 0.2) is 0 Å². The second-order valence-corrected chi connectivity index (χ2v) is 8.48. The van der Waals surface area contributed by atoms with Crippen molar-refractivity contribution in [2.75, 3.05) is 29.6 Å². The van der Waals surface area contributed by atoms with Crippen LogP contribution in [0, 0.1) is 0 Å². The van der Waals surface area contributed by atoms with Gasteiger partial charge in [0.05, 0.1) is 12.8 Å². The Balaban J connectivity index is 1.61. The summed E-state index contributed by atoms with van der Waals surface area (Å²) >= 11 is 0. The summed E-state index contributed by atoms with van der Waals surface area (Å²) in [4.78, 5) is 31.3. The van der Waals surface area contributed by atoms with Crippen molar-refractivity contribution in [3.63, 3.8) is 0 Å². The van der Waals surface area contributed by atoms with Crippen molar-refractivity contribution in [1.29, 1.82) is 0 Å². The van der Waals surface area contributed by atoms with Crippen LogP contribution in [0.1, 0.15) is 29.9 Å². The number of ether oxygens (including phenoxy) is 1. The molecule has 2 heterocycles. The van der Waals surface area contributed by atoms with E-state index in [1.165, 1.54) is 19.2 Å². The predicted octanol–water partition coefficient (Wildman–Crippen LogP) is 5.11. The minimum Gasteiger partial charge on any atom is -0.495 e. The fourth-order valence-corrected chi connectivity index (χ4v) is 4.00. The van der Waals surface area contributed by atoms with E-state index < -0.39 is 23.5 Å². The van der Waals surface area contributed by atoms with Gasteiger partial charge in [0.2, 0.25) is 17.8 Å². The number of methoxy groups -OCH3 is 1. The quantitative estimate of drug-likeness (QED) is 0.302. The minimum absolute atomic E-state index is 0.0192. The summed E-state index contributed by atoms with van der Waals surface area (Å²) in [6.07, 6.45) is -1.80. The molecule has 9 nitrogen and oxygen atoms in total. The van der Waals surface area contributed by atoms with E-state index in [1.54, 1.807) is 24.3 Å². The van der Waals surface area contributed by atoms with E-state index in [0.717, 1.165) is 18.1 Å². The third-order valence-electron chi connectivity index (χ3n) is 5.86. The van der Waals surface area contributed by atoms with Crippen molar-refractivity contribution in [1.82, 2.24) is 15.3 Å². The largest absolute Gasteiger partial charge is 0.495 e. The molecular weight excluding hydrogens is 501 g/mol. The summed E-state index contributed by atoms with van der Waals surface area (Å²) < 4.78 is 46.6. The smallest absolute Gasteiger partial charge is 0.421 e. The average Bonchev–Trinajstić information content (AvgIpc) is 2.88. The number of alkyl halides is 3. The average molecular weight is 527 g/mol. The first kappa shape index (κ1) is 26.5. The molecule has 1 aliphatic rings. The van der Waals surface area contributed by atoms with Gasteiger partial charge in [-0.2, -0.15) is 18.2 Å². The minimum atomic E-state index is -4.72. The molecule has 198 valence electrons. The molecule has 38 heavy (non-hydrogen) atoms. The first-order valence-electron chi connectivity index (χ1n) is 11.6. The Labute approximate surface area is 216 Å². The first-order valence-corrected chi connectivity index (χ1v) is 11.6. The Kier molecular flexibility index (Phi) is 7.79. The van der Waals surface area contributed by atoms with Crippen molar-refractivity contribution in [2.45, 2.75) is 24.9 Å². The van der Waals surface area contributed by atoms with Gasteiger partial charge in [-0.05, 0) is 54.3 Å². The fourth-order valence-electron chi connectivity index (χ4n) is 4.00. The van der Waals surface area contributed by atoms with Crippen molar-refractivity contribution < 1.29 is 27.5 Å². The van der Waals surface area contributed by atoms with Gasteiger partial charge in [-0.1, -0.05) is 18.7 Å². The lowest BCUT2D eigenvalue weighted by Gasteiger charge is -2.23. The Bertz CT molecular complexity index is 1360. The topological polar surface area (TPSA) is 117 Å². The molecule has 1 unspecified atom stereocenters. The van der Waals surface area contributed by atoms with E-state index >= 15 is 0 Å². The molecule has 1 aromatic heterocycles. The zero-order valence-corrected chi connectivity index (χ0v) is 20.4. The monoisotopic (exact) mass is 526 g/mol. The third-order valence-corrected chi connectivity index (χ3v) is 5.86. The summed E-state index contributed by atoms with van der Waals surface area (Å²) in [6, 6.07) is 11.5. The maximum atomic E-state index is 13.7. The van der Waals surface area contributed by atoms with E-state index in [0.29, 0.717) is 36.3 Å². The predicted molar refractivity (Wildman–Crippen MR) is 137 cm³/mol. The molecule has 4 rings (SSSR count). The van der Waals surface area contributed by atoms with E-state index in [2.05, 4.69) is 37.8 Å². The van der Waals surface area contributed by atoms with Crippen LogP contribution in [0.2, 0.25) is 0 Å². The lowest BCUT2D eigenvalue weighted by molar-refractivity contribution is -0.137. The second-order valence-electron chi connectivity index (χ2n) is 8.48. The Morgan fingerprint density at radius 3 is 2.68 bits per heavy atom. The number of hydrogen-bond acceptors (Lipinski definition) is 7. The molecule has 4 N–H and O–H groups in total. The number of aromatic nitrogens is 2. The van der Waals surface area contributed by atoms with E-state index in [1.807, 2.05) is 6.07 Å². The maximum Gasteiger partial charge on any atom is 0.421 e. The third kappa shape index (κ3) is 6.38. The van der Waals surface area contributed by atoms with E-state index in [4.69, 9.17) is 4.74 Å². The van der Waals surface area contributed by atoms with Crippen LogP contribution in [0.5, 0.6) is 5.75 Å². The van der Waals surface area contributed by atoms with E-state index in [-0.39, 0.29) is 23.5 Å². The molecule has 0 radical (unpaired) electrons. The number of benzene rings is 2. The van der Waals surface area contributed by atoms with Crippen LogP contribution >= 0.6 is 0 Å². The number of piperidine rings is 1. The van der Waals surface area contributed by atoms with Crippen molar-refractivity contribution in [3.8, 4) is 5.75 Å². The molecule has 0 saturated carbocycles. The summed E-state index contributed by atoms with van der Waals surface area (Å²) in [5.74, 6) is -0.590. The molecule has 0 spiro atoms. The second kappa shape index (κ2) is 11.2. The summed E-state index contributed by atoms with van der Waals surface area (Å²) in [5.41, 5.74) is 0.917. The summed E-state index contributed by atoms with van der Waals surface area (Å²) in [6.45, 7) is 3.96. The molecular formula is C26H25F3N6O3. The highest BCUT2D eigenvalue weighted by Crippen LogP contribution is 2.37. The van der Waals surface area contributed by atoms with Gasteiger partial charge in [-0.15, -0.1) is 0 Å². The highest BCUT2D eigenvalue weighted by Gasteiger charge is 2.35. The van der Waals surface area contributed by atoms with Gasteiger partial charge >= 0.3 is 6.18 Å². The lowest BCUT2D eigenvalue weighted by Crippen LogP contribution is -2.32. The van der Waals surface area contributed by atoms with Crippen LogP contribution < -0.4 is 26.0 Å². The van der Waals surface area contributed by atoms with Crippen molar-refractivity contribution in [3.05, 3.63) is 72.4 Å². The Morgan fingerprint density at radius 2 is 1.97 bits per heavy atom. The SMILES string of the molecule is C=CC(=O)Nc1cccc(Nc2nc(Nc3ccc(C4CCNC(=O)C4)cc3OC)ncc2C(F)(F)F)c1. The standard InChI is InChI=1S/C26H25F3N6O3/c1-3-22(36)32-17-5-4-6-18(13-17)33-24-19(26(27,28)29)14-31-25(35-24)34-20-8-7-15(11-21(20)38-2)16-9-10-30-23(37)12-16/h3-8,11,13-14,16H,1,9-10,12H2,2H3,(H,30,37)(H,32,36)(H2,31,33,34,35). The fraction of sp³-hybridized carbons (Fsp3) is 0.231. The molecule has 0 bridgehead atoms. The van der Waals surface area contributed by atoms with Gasteiger partial charge in [0.1, 0.15) is 17.1 Å². The highest BCUT2D eigenvalue weighted by molar-refractivity contribution is 5.99. The number of hydrogen-bond donors (Lipinski definition) is 4. The molecule has 0 aliphatic carbocycles. The number of carbonyl (C=O) groups excluding carboxylic acids is 2. The van der Waals surface area contributed by atoms with Gasteiger partial charge in [0, 0.05) is 30.5 Å². The highest BCUT2D eigenvalue weighted by atomic mass is 19.4. The number of rotatable bonds is 8. The molecule has 1 aliphatic heterocycles. The summed E-state index contributed by atoms with van der Waals surface area (Å²) in [5, 5.41) is 10.9. The number of anilines is 5. The lowest BCUT2D eigenvalue weighted by atomic mass is 9.89. The number of amides is 2. The summed E-state index contributed by atoms with van der Waals surface area (Å²) in [7, 11) is 1.47. The van der Waals surface area contributed by atoms with Gasteiger partial charge in [-0.25, -0.2) is 4.98 Å². The van der Waals surface area contributed by atoms with Gasteiger partial charge in [-0.3, -0.25) is 9.59 Å². The Morgan fingerprint density at radius 1 is 1.18 bits per heavy atom. The molecule has 2 amide bonds. The zero-order chi connectivity index (χ0) is 27.3. The number of nitrogens with zero attached hydrogens (tertiary/aromatic N) is 2. The van der Waals surface area contributed by atoms with Crippen molar-refractivity contribution >= 4 is 40.6 Å². The maximum absolute atomic E-state index is 13.7. The van der Waals surface area contributed by atoms with Crippen LogP contribution in [0.4, 0.5) is 42.0 Å². The first-order chi connectivity index (χ1) is 18.2. The molecule has 1 saturated heterocycles. The zero-order valence-electron chi connectivity index (χ0n) is 20.4. The normalized spacial score (nSPS) is 15.3.